The minimum Gasteiger partial charge on any atom is -0.356 e. The number of carbonyl (C=O) groups excluding carboxylic acids is 1. The molecule has 1 spiro atoms. The van der Waals surface area contributed by atoms with Crippen molar-refractivity contribution < 1.29 is 4.79 Å². The molecule has 1 aromatic carbocycles. The molecule has 5 nitrogen and oxygen atoms in total. The van der Waals surface area contributed by atoms with Gasteiger partial charge in [-0.15, -0.1) is 0 Å². The van der Waals surface area contributed by atoms with E-state index in [0.29, 0.717) is 5.41 Å². The topological polar surface area (TPSA) is 59.0 Å². The number of hydrogen-bond donors (Lipinski definition) is 2. The number of aromatic nitrogens is 2. The van der Waals surface area contributed by atoms with Gasteiger partial charge in [0.25, 0.3) is 0 Å². The van der Waals surface area contributed by atoms with Crippen molar-refractivity contribution in [3.05, 3.63) is 30.1 Å². The van der Waals surface area contributed by atoms with Crippen LogP contribution in [0.3, 0.4) is 0 Å². The van der Waals surface area contributed by atoms with Crippen LogP contribution in [-0.4, -0.2) is 35.1 Å². The number of aryl methyl sites for hydroxylation is 2. The van der Waals surface area contributed by atoms with Gasteiger partial charge in [-0.1, -0.05) is 12.1 Å². The first-order valence-electron chi connectivity index (χ1n) is 9.08. The number of nitrogens with zero attached hydrogens (tertiary/aromatic N) is 2. The Morgan fingerprint density at radius 2 is 2.17 bits per heavy atom. The van der Waals surface area contributed by atoms with Gasteiger partial charge in [0.15, 0.2) is 0 Å². The van der Waals surface area contributed by atoms with Crippen LogP contribution in [0.2, 0.25) is 0 Å². The number of hydrogen-bond acceptors (Lipinski definition) is 3. The Morgan fingerprint density at radius 3 is 2.96 bits per heavy atom. The van der Waals surface area contributed by atoms with Crippen molar-refractivity contribution in [3.63, 3.8) is 0 Å². The smallest absolute Gasteiger partial charge is 0.223 e. The van der Waals surface area contributed by atoms with Crippen molar-refractivity contribution in [1.82, 2.24) is 20.2 Å². The summed E-state index contributed by atoms with van der Waals surface area (Å²) in [5.41, 5.74) is 2.54. The third-order valence-corrected chi connectivity index (χ3v) is 5.86. The first-order valence-corrected chi connectivity index (χ1v) is 9.08. The zero-order valence-corrected chi connectivity index (χ0v) is 14.3. The summed E-state index contributed by atoms with van der Waals surface area (Å²) in [6.07, 6.45) is 5.23. The van der Waals surface area contributed by atoms with Crippen LogP contribution in [0.5, 0.6) is 0 Å². The maximum atomic E-state index is 12.3. The first kappa shape index (κ1) is 15.6. The highest BCUT2D eigenvalue weighted by atomic mass is 16.2. The lowest BCUT2D eigenvalue weighted by Gasteiger charge is -2.23. The quantitative estimate of drug-likeness (QED) is 0.827. The highest BCUT2D eigenvalue weighted by Crippen LogP contribution is 2.58. The van der Waals surface area contributed by atoms with Crippen molar-refractivity contribution in [2.45, 2.75) is 32.1 Å². The number of piperidine rings is 1. The lowest BCUT2D eigenvalue weighted by atomic mass is 9.92. The summed E-state index contributed by atoms with van der Waals surface area (Å²) >= 11 is 0. The van der Waals surface area contributed by atoms with E-state index in [0.717, 1.165) is 63.1 Å². The van der Waals surface area contributed by atoms with Crippen LogP contribution in [-0.2, 0) is 18.3 Å². The van der Waals surface area contributed by atoms with E-state index in [-0.39, 0.29) is 11.8 Å². The van der Waals surface area contributed by atoms with Gasteiger partial charge in [0.05, 0.1) is 11.0 Å². The molecule has 2 heterocycles. The van der Waals surface area contributed by atoms with E-state index < -0.39 is 0 Å². The highest BCUT2D eigenvalue weighted by molar-refractivity contribution is 5.82. The fourth-order valence-electron chi connectivity index (χ4n) is 4.20. The molecule has 0 bridgehead atoms. The van der Waals surface area contributed by atoms with Gasteiger partial charge in [0.1, 0.15) is 5.82 Å². The summed E-state index contributed by atoms with van der Waals surface area (Å²) in [4.78, 5) is 17.0. The molecule has 1 amide bonds. The van der Waals surface area contributed by atoms with E-state index in [1.807, 2.05) is 18.2 Å². The normalized spacial score (nSPS) is 22.0. The molecule has 1 saturated heterocycles. The fraction of sp³-hybridized carbons (Fsp3) is 0.579. The predicted octanol–water partition coefficient (Wildman–Crippen LogP) is 2.01. The second-order valence-electron chi connectivity index (χ2n) is 7.34. The van der Waals surface area contributed by atoms with Crippen LogP contribution in [0.4, 0.5) is 0 Å². The summed E-state index contributed by atoms with van der Waals surface area (Å²) in [5.74, 6) is 1.61. The summed E-state index contributed by atoms with van der Waals surface area (Å²) in [7, 11) is 2.06. The minimum absolute atomic E-state index is 0.260. The molecule has 128 valence electrons. The third kappa shape index (κ3) is 2.81. The van der Waals surface area contributed by atoms with Gasteiger partial charge < -0.3 is 15.2 Å². The van der Waals surface area contributed by atoms with Gasteiger partial charge in [-0.25, -0.2) is 4.98 Å². The Bertz CT molecular complexity index is 745. The number of amides is 1. The SMILES string of the molecule is Cn1c(CCCNC(=O)C2CC23CCNCC3)nc2ccccc21. The molecule has 0 radical (unpaired) electrons. The average Bonchev–Trinajstić information content (AvgIpc) is 3.20. The number of para-hydroxylation sites is 2. The monoisotopic (exact) mass is 326 g/mol. The van der Waals surface area contributed by atoms with Gasteiger partial charge in [-0.2, -0.15) is 0 Å². The van der Waals surface area contributed by atoms with Crippen LogP contribution in [0.15, 0.2) is 24.3 Å². The van der Waals surface area contributed by atoms with Crippen molar-refractivity contribution in [1.29, 1.82) is 0 Å². The number of fused-ring (bicyclic) bond motifs is 1. The second-order valence-corrected chi connectivity index (χ2v) is 7.34. The molecule has 5 heteroatoms. The molecule has 1 saturated carbocycles. The maximum Gasteiger partial charge on any atom is 0.223 e. The van der Waals surface area contributed by atoms with Crippen LogP contribution in [0.25, 0.3) is 11.0 Å². The molecular formula is C19H26N4O. The summed E-state index contributed by atoms with van der Waals surface area (Å²) in [6.45, 7) is 2.87. The van der Waals surface area contributed by atoms with E-state index in [9.17, 15) is 4.79 Å². The van der Waals surface area contributed by atoms with Crippen LogP contribution in [0, 0.1) is 11.3 Å². The van der Waals surface area contributed by atoms with E-state index in [1.54, 1.807) is 0 Å². The standard InChI is InChI=1S/C19H26N4O/c1-23-16-6-3-2-5-15(16)22-17(23)7-4-10-21-18(24)14-13-19(14)8-11-20-12-9-19/h2-3,5-6,14,20H,4,7-13H2,1H3,(H,21,24). The molecule has 24 heavy (non-hydrogen) atoms. The molecule has 2 fully saturated rings. The van der Waals surface area contributed by atoms with Gasteiger partial charge in [0.2, 0.25) is 5.91 Å². The molecule has 1 atom stereocenters. The molecule has 1 aromatic heterocycles. The third-order valence-electron chi connectivity index (χ3n) is 5.86. The van der Waals surface area contributed by atoms with Crippen molar-refractivity contribution in [3.8, 4) is 0 Å². The van der Waals surface area contributed by atoms with Crippen LogP contribution in [0.1, 0.15) is 31.5 Å². The first-order chi connectivity index (χ1) is 11.7. The lowest BCUT2D eigenvalue weighted by Crippen LogP contribution is -2.34. The molecular weight excluding hydrogens is 300 g/mol. The van der Waals surface area contributed by atoms with Gasteiger partial charge in [0, 0.05) is 25.9 Å². The number of benzene rings is 1. The molecule has 1 aliphatic heterocycles. The van der Waals surface area contributed by atoms with Crippen LogP contribution >= 0.6 is 0 Å². The molecule has 2 aliphatic rings. The number of carbonyl (C=O) groups is 1. The lowest BCUT2D eigenvalue weighted by molar-refractivity contribution is -0.123. The Hall–Kier alpha value is -1.88. The highest BCUT2D eigenvalue weighted by Gasteiger charge is 2.57. The summed E-state index contributed by atoms with van der Waals surface area (Å²) in [5, 5.41) is 6.53. The van der Waals surface area contributed by atoms with Crippen molar-refractivity contribution in [2.24, 2.45) is 18.4 Å². The summed E-state index contributed by atoms with van der Waals surface area (Å²) in [6, 6.07) is 8.21. The van der Waals surface area contributed by atoms with Gasteiger partial charge >= 0.3 is 0 Å². The zero-order valence-electron chi connectivity index (χ0n) is 14.3. The molecule has 4 rings (SSSR count). The summed E-state index contributed by atoms with van der Waals surface area (Å²) < 4.78 is 2.15. The Balaban J connectivity index is 1.26. The molecule has 2 N–H and O–H groups in total. The molecule has 2 aromatic rings. The van der Waals surface area contributed by atoms with E-state index in [4.69, 9.17) is 0 Å². The van der Waals surface area contributed by atoms with Gasteiger partial charge in [-0.3, -0.25) is 4.79 Å². The zero-order chi connectivity index (χ0) is 16.6. The van der Waals surface area contributed by atoms with E-state index in [1.165, 1.54) is 5.52 Å². The second kappa shape index (κ2) is 6.20. The maximum absolute atomic E-state index is 12.3. The largest absolute Gasteiger partial charge is 0.356 e. The Labute approximate surface area is 142 Å². The predicted molar refractivity (Wildman–Crippen MR) is 94.7 cm³/mol. The van der Waals surface area contributed by atoms with Crippen molar-refractivity contribution >= 4 is 16.9 Å². The number of nitrogens with one attached hydrogen (secondary N) is 2. The van der Waals surface area contributed by atoms with Gasteiger partial charge in [-0.05, 0) is 56.3 Å². The average molecular weight is 326 g/mol. The van der Waals surface area contributed by atoms with Crippen molar-refractivity contribution in [2.75, 3.05) is 19.6 Å². The van der Waals surface area contributed by atoms with Crippen LogP contribution < -0.4 is 10.6 Å². The fourth-order valence-corrected chi connectivity index (χ4v) is 4.20. The Kier molecular flexibility index (Phi) is 4.04. The minimum atomic E-state index is 0.260. The van der Waals surface area contributed by atoms with E-state index in [2.05, 4.69) is 33.3 Å². The molecule has 1 aliphatic carbocycles. The number of rotatable bonds is 5. The van der Waals surface area contributed by atoms with E-state index >= 15 is 0 Å². The Morgan fingerprint density at radius 1 is 1.38 bits per heavy atom. The molecule has 1 unspecified atom stereocenters. The number of imidazole rings is 1.